The second-order valence-electron chi connectivity index (χ2n) is 4.20. The van der Waals surface area contributed by atoms with Gasteiger partial charge in [-0.25, -0.2) is 4.79 Å². The van der Waals surface area contributed by atoms with Gasteiger partial charge in [-0.05, 0) is 18.6 Å². The largest absolute Gasteiger partial charge is 0.439 e. The molecule has 0 unspecified atom stereocenters. The highest BCUT2D eigenvalue weighted by Crippen LogP contribution is 2.35. The van der Waals surface area contributed by atoms with Crippen LogP contribution in [0.1, 0.15) is 37.9 Å². The quantitative estimate of drug-likeness (QED) is 0.842. The maximum Gasteiger partial charge on any atom is 0.405 e. The molecule has 3 N–H and O–H groups in total. The van der Waals surface area contributed by atoms with Crippen molar-refractivity contribution in [3.05, 3.63) is 33.8 Å². The van der Waals surface area contributed by atoms with Crippen LogP contribution in [-0.4, -0.2) is 17.3 Å². The topological polar surface area (TPSA) is 72.6 Å². The molecule has 0 bridgehead atoms. The predicted octanol–water partition coefficient (Wildman–Crippen LogP) is 3.68. The molecule has 1 aromatic carbocycles. The minimum absolute atomic E-state index is 0.328. The minimum Gasteiger partial charge on any atom is -0.439 e. The van der Waals surface area contributed by atoms with Crippen molar-refractivity contribution in [3.63, 3.8) is 0 Å². The van der Waals surface area contributed by atoms with Crippen LogP contribution in [0.2, 0.25) is 10.0 Å². The number of carbonyl (C=O) groups excluding carboxylic acids is 1. The molecule has 0 spiro atoms. The first kappa shape index (κ1) is 16.1. The summed E-state index contributed by atoms with van der Waals surface area (Å²) in [4.78, 5) is 11.0. The second kappa shape index (κ2) is 7.58. The maximum absolute atomic E-state index is 11.0. The monoisotopic (exact) mass is 305 g/mol. The lowest BCUT2D eigenvalue weighted by Crippen LogP contribution is -2.27. The van der Waals surface area contributed by atoms with Crippen LogP contribution in [0.3, 0.4) is 0 Å². The van der Waals surface area contributed by atoms with Gasteiger partial charge in [-0.1, -0.05) is 49.0 Å². The minimum atomic E-state index is -0.975. The summed E-state index contributed by atoms with van der Waals surface area (Å²) in [5, 5.41) is 10.8. The number of amides is 1. The van der Waals surface area contributed by atoms with Crippen molar-refractivity contribution >= 4 is 29.3 Å². The van der Waals surface area contributed by atoms with E-state index in [4.69, 9.17) is 33.7 Å². The molecule has 4 nitrogen and oxygen atoms in total. The molecule has 1 amide bonds. The molecule has 0 aliphatic rings. The number of hydrogen-bond acceptors (Lipinski definition) is 3. The van der Waals surface area contributed by atoms with Crippen molar-refractivity contribution in [2.75, 3.05) is 0 Å². The fourth-order valence-corrected chi connectivity index (χ4v) is 2.41. The Hall–Kier alpha value is -0.970. The Labute approximate surface area is 122 Å². The SMILES string of the molecule is CCCC[C@H](O)[C@@H](OC(N)=O)c1c(Cl)cccc1Cl. The summed E-state index contributed by atoms with van der Waals surface area (Å²) in [6.45, 7) is 2.00. The molecule has 0 saturated carbocycles. The van der Waals surface area contributed by atoms with E-state index in [2.05, 4.69) is 0 Å². The van der Waals surface area contributed by atoms with E-state index in [0.29, 0.717) is 22.0 Å². The first-order chi connectivity index (χ1) is 8.97. The van der Waals surface area contributed by atoms with Crippen molar-refractivity contribution in [1.29, 1.82) is 0 Å². The van der Waals surface area contributed by atoms with Crippen molar-refractivity contribution in [2.45, 2.75) is 38.4 Å². The zero-order valence-electron chi connectivity index (χ0n) is 10.6. The highest BCUT2D eigenvalue weighted by molar-refractivity contribution is 6.36. The van der Waals surface area contributed by atoms with Crippen molar-refractivity contribution in [2.24, 2.45) is 5.73 Å². The smallest absolute Gasteiger partial charge is 0.405 e. The van der Waals surface area contributed by atoms with Crippen LogP contribution in [0.25, 0.3) is 0 Å². The Morgan fingerprint density at radius 1 is 1.42 bits per heavy atom. The molecule has 0 fully saturated rings. The number of aliphatic hydroxyl groups is 1. The first-order valence-electron chi connectivity index (χ1n) is 6.05. The van der Waals surface area contributed by atoms with Gasteiger partial charge in [-0.2, -0.15) is 0 Å². The first-order valence-corrected chi connectivity index (χ1v) is 6.81. The summed E-state index contributed by atoms with van der Waals surface area (Å²) in [7, 11) is 0. The summed E-state index contributed by atoms with van der Waals surface area (Å²) in [5.74, 6) is 0. The number of carbonyl (C=O) groups is 1. The van der Waals surface area contributed by atoms with Crippen molar-refractivity contribution < 1.29 is 14.6 Å². The Bertz CT molecular complexity index is 420. The van der Waals surface area contributed by atoms with Crippen molar-refractivity contribution in [1.82, 2.24) is 0 Å². The van der Waals surface area contributed by atoms with Gasteiger partial charge in [-0.15, -0.1) is 0 Å². The normalized spacial score (nSPS) is 13.9. The number of aliphatic hydroxyl groups excluding tert-OH is 1. The van der Waals surface area contributed by atoms with E-state index >= 15 is 0 Å². The van der Waals surface area contributed by atoms with Gasteiger partial charge < -0.3 is 15.6 Å². The van der Waals surface area contributed by atoms with E-state index in [-0.39, 0.29) is 0 Å². The molecule has 0 aromatic heterocycles. The number of benzene rings is 1. The maximum atomic E-state index is 11.0. The summed E-state index contributed by atoms with van der Waals surface area (Å²) < 4.78 is 4.98. The molecule has 0 aliphatic carbocycles. The number of ether oxygens (including phenoxy) is 1. The number of unbranched alkanes of at least 4 members (excludes halogenated alkanes) is 1. The molecule has 1 aromatic rings. The molecule has 2 atom stereocenters. The molecular weight excluding hydrogens is 289 g/mol. The average Bonchev–Trinajstić information content (AvgIpc) is 2.34. The summed E-state index contributed by atoms with van der Waals surface area (Å²) in [5.41, 5.74) is 5.42. The third-order valence-corrected chi connectivity index (χ3v) is 3.39. The fraction of sp³-hybridized carbons (Fsp3) is 0.462. The molecule has 0 heterocycles. The molecule has 19 heavy (non-hydrogen) atoms. The zero-order chi connectivity index (χ0) is 14.4. The lowest BCUT2D eigenvalue weighted by Gasteiger charge is -2.24. The third-order valence-electron chi connectivity index (χ3n) is 2.73. The zero-order valence-corrected chi connectivity index (χ0v) is 12.1. The Balaban J connectivity index is 3.05. The number of halogens is 2. The van der Waals surface area contributed by atoms with E-state index in [1.54, 1.807) is 18.2 Å². The molecule has 1 rings (SSSR count). The van der Waals surface area contributed by atoms with Crippen LogP contribution in [0.15, 0.2) is 18.2 Å². The molecule has 6 heteroatoms. The highest BCUT2D eigenvalue weighted by atomic mass is 35.5. The number of primary amides is 1. The van der Waals surface area contributed by atoms with Crippen LogP contribution in [0, 0.1) is 0 Å². The Morgan fingerprint density at radius 3 is 2.47 bits per heavy atom. The fourth-order valence-electron chi connectivity index (χ4n) is 1.80. The Morgan fingerprint density at radius 2 is 2.00 bits per heavy atom. The van der Waals surface area contributed by atoms with E-state index in [0.717, 1.165) is 12.8 Å². The van der Waals surface area contributed by atoms with E-state index in [9.17, 15) is 9.90 Å². The molecule has 0 saturated heterocycles. The van der Waals surface area contributed by atoms with Crippen LogP contribution < -0.4 is 5.73 Å². The second-order valence-corrected chi connectivity index (χ2v) is 5.02. The molecule has 106 valence electrons. The summed E-state index contributed by atoms with van der Waals surface area (Å²) in [6.07, 6.45) is -0.652. The van der Waals surface area contributed by atoms with E-state index in [1.165, 1.54) is 0 Å². The van der Waals surface area contributed by atoms with Gasteiger partial charge in [0.15, 0.2) is 6.10 Å². The van der Waals surface area contributed by atoms with Crippen molar-refractivity contribution in [3.8, 4) is 0 Å². The lowest BCUT2D eigenvalue weighted by atomic mass is 10.00. The molecule has 0 radical (unpaired) electrons. The van der Waals surface area contributed by atoms with Crippen LogP contribution >= 0.6 is 23.2 Å². The van der Waals surface area contributed by atoms with Crippen LogP contribution in [0.5, 0.6) is 0 Å². The highest BCUT2D eigenvalue weighted by Gasteiger charge is 2.28. The van der Waals surface area contributed by atoms with Crippen LogP contribution in [-0.2, 0) is 4.74 Å². The van der Waals surface area contributed by atoms with Gasteiger partial charge in [0.25, 0.3) is 0 Å². The summed E-state index contributed by atoms with van der Waals surface area (Å²) in [6, 6.07) is 4.91. The van der Waals surface area contributed by atoms with Gasteiger partial charge in [0, 0.05) is 15.6 Å². The third kappa shape index (κ3) is 4.56. The van der Waals surface area contributed by atoms with Gasteiger partial charge in [0.05, 0.1) is 6.10 Å². The Kier molecular flexibility index (Phi) is 6.42. The van der Waals surface area contributed by atoms with Gasteiger partial charge in [-0.3, -0.25) is 0 Å². The predicted molar refractivity (Wildman–Crippen MR) is 75.4 cm³/mol. The van der Waals surface area contributed by atoms with Gasteiger partial charge >= 0.3 is 6.09 Å². The van der Waals surface area contributed by atoms with E-state index < -0.39 is 18.3 Å². The molecule has 0 aliphatic heterocycles. The average molecular weight is 306 g/mol. The number of nitrogens with two attached hydrogens (primary N) is 1. The number of hydrogen-bond donors (Lipinski definition) is 2. The summed E-state index contributed by atoms with van der Waals surface area (Å²) >= 11 is 12.1. The van der Waals surface area contributed by atoms with Gasteiger partial charge in [0.1, 0.15) is 0 Å². The van der Waals surface area contributed by atoms with E-state index in [1.807, 2.05) is 6.92 Å². The standard InChI is InChI=1S/C13H17Cl2NO3/c1-2-3-7-10(17)12(19-13(16)18)11-8(14)5-4-6-9(11)15/h4-6,10,12,17H,2-3,7H2,1H3,(H2,16,18)/t10-,12+/m0/s1. The number of rotatable bonds is 6. The lowest BCUT2D eigenvalue weighted by molar-refractivity contribution is 0.0000131. The van der Waals surface area contributed by atoms with Crippen LogP contribution in [0.4, 0.5) is 4.79 Å². The molecular formula is C13H17Cl2NO3. The van der Waals surface area contributed by atoms with Gasteiger partial charge in [0.2, 0.25) is 0 Å².